The second kappa shape index (κ2) is 25.1. The van der Waals surface area contributed by atoms with Crippen LogP contribution in [0.25, 0.3) is 133 Å². The topological polar surface area (TPSA) is 6.48 Å². The van der Waals surface area contributed by atoms with E-state index in [9.17, 15) is 0 Å². The number of para-hydroxylation sites is 2. The molecule has 2 aliphatic heterocycles. The van der Waals surface area contributed by atoms with Crippen LogP contribution >= 0.6 is 0 Å². The molecule has 0 amide bonds. The van der Waals surface area contributed by atoms with Gasteiger partial charge in [-0.2, -0.15) is 0 Å². The molecule has 0 atom stereocenters. The summed E-state index contributed by atoms with van der Waals surface area (Å²) in [7, 11) is 0. The summed E-state index contributed by atoms with van der Waals surface area (Å²) in [5.74, 6) is 0. The Morgan fingerprint density at radius 3 is 0.762 bits per heavy atom. The molecule has 0 saturated heterocycles. The minimum Gasteiger partial charge on any atom is -0.310 e. The predicted molar refractivity (Wildman–Crippen MR) is 430 cm³/mol. The van der Waals surface area contributed by atoms with Gasteiger partial charge in [0, 0.05) is 45.0 Å². The van der Waals surface area contributed by atoms with Gasteiger partial charge in [-0.3, -0.25) is 0 Å². The van der Waals surface area contributed by atoms with Gasteiger partial charge in [0.05, 0.1) is 11.4 Å². The van der Waals surface area contributed by atoms with Crippen molar-refractivity contribution in [3.8, 4) is 111 Å². The fraction of sp³-hybridized carbons (Fsp3) is 0. The maximum absolute atomic E-state index is 2.68. The van der Waals surface area contributed by atoms with Crippen LogP contribution in [0.1, 0.15) is 0 Å². The van der Waals surface area contributed by atoms with Crippen LogP contribution in [0.4, 0.5) is 34.1 Å². The normalized spacial score (nSPS) is 12.1. The lowest BCUT2D eigenvalue weighted by Crippen LogP contribution is -2.61. The van der Waals surface area contributed by atoms with E-state index < -0.39 is 0 Å². The molecule has 2 nitrogen and oxygen atoms in total. The molecule has 0 spiro atoms. The van der Waals surface area contributed by atoms with Crippen molar-refractivity contribution in [1.82, 2.24) is 0 Å². The molecule has 2 aliphatic rings. The second-order valence-corrected chi connectivity index (χ2v) is 26.6. The number of anilines is 6. The Kier molecular flexibility index (Phi) is 14.7. The van der Waals surface area contributed by atoms with E-state index in [1.165, 1.54) is 54.6 Å². The molecule has 2 heterocycles. The Labute approximate surface area is 590 Å². The van der Waals surface area contributed by atoms with Crippen molar-refractivity contribution >= 4 is 78.8 Å². The summed E-state index contributed by atoms with van der Waals surface area (Å²) < 4.78 is 0. The molecule has 19 rings (SSSR count). The zero-order chi connectivity index (χ0) is 66.7. The lowest BCUT2D eigenvalue weighted by atomic mass is 9.33. The minimum absolute atomic E-state index is 0.186. The quantitative estimate of drug-likeness (QED) is 0.0889. The number of fused-ring (bicyclic) bond motifs is 6. The molecule has 470 valence electrons. The maximum atomic E-state index is 2.68. The van der Waals surface area contributed by atoms with E-state index in [1.807, 2.05) is 0 Å². The van der Waals surface area contributed by atoms with Gasteiger partial charge in [-0.15, -0.1) is 0 Å². The van der Waals surface area contributed by atoms with E-state index in [0.717, 1.165) is 129 Å². The third kappa shape index (κ3) is 10.3. The molecular weight excluding hydrogens is 1220 g/mol. The molecule has 101 heavy (non-hydrogen) atoms. The van der Waals surface area contributed by atoms with Gasteiger partial charge in [-0.1, -0.05) is 334 Å². The van der Waals surface area contributed by atoms with E-state index in [0.29, 0.717) is 0 Å². The summed E-state index contributed by atoms with van der Waals surface area (Å²) in [6.07, 6.45) is 0. The molecule has 3 heteroatoms. The molecule has 0 fully saturated rings. The summed E-state index contributed by atoms with van der Waals surface area (Å²) in [4.78, 5) is 5.36. The fourth-order valence-electron chi connectivity index (χ4n) is 16.3. The first-order chi connectivity index (χ1) is 50.1. The average Bonchev–Trinajstić information content (AvgIpc) is 0.688. The molecule has 0 aromatic heterocycles. The van der Waals surface area contributed by atoms with E-state index >= 15 is 0 Å². The van der Waals surface area contributed by atoms with Crippen LogP contribution in [0.5, 0.6) is 0 Å². The Bertz CT molecular complexity index is 5610. The van der Waals surface area contributed by atoms with Crippen LogP contribution in [-0.2, 0) is 0 Å². The Hall–Kier alpha value is -13.1. The first kappa shape index (κ1) is 59.2. The molecule has 0 bridgehead atoms. The zero-order valence-electron chi connectivity index (χ0n) is 55.5. The van der Waals surface area contributed by atoms with Gasteiger partial charge in [0.2, 0.25) is 0 Å². The van der Waals surface area contributed by atoms with Crippen molar-refractivity contribution in [1.29, 1.82) is 0 Å². The summed E-state index contributed by atoms with van der Waals surface area (Å²) >= 11 is 0. The van der Waals surface area contributed by atoms with Crippen molar-refractivity contribution in [2.45, 2.75) is 0 Å². The van der Waals surface area contributed by atoms with Crippen LogP contribution in [0, 0.1) is 0 Å². The van der Waals surface area contributed by atoms with Gasteiger partial charge in [0.1, 0.15) is 0 Å². The van der Waals surface area contributed by atoms with Crippen LogP contribution in [-0.4, -0.2) is 6.71 Å². The van der Waals surface area contributed by atoms with Crippen molar-refractivity contribution in [3.63, 3.8) is 0 Å². The highest BCUT2D eigenvalue weighted by Gasteiger charge is 2.45. The Morgan fingerprint density at radius 1 is 0.168 bits per heavy atom. The number of benzene rings is 17. The molecule has 17 aromatic rings. The number of rotatable bonds is 12. The SMILES string of the molecule is c1ccc(-c2cc(-c3ccccc3)c(N3c4ccccc4B4c5ccccc5N(c5c(-c6ccccc6)cc(-c6ccccc6)cc5-c5ccccc5)c5cc(-c6c7ccc(-c8ccccc8)cc7c(-c7ccccc7)c7ccc(-c8ccccc8)cc67)cc3c54)c(-c3ccccc3)c2)cc1. The largest absolute Gasteiger partial charge is 0.310 e. The highest BCUT2D eigenvalue weighted by Crippen LogP contribution is 2.56. The molecular formula is C98H65BN2. The van der Waals surface area contributed by atoms with Crippen molar-refractivity contribution in [2.75, 3.05) is 9.80 Å². The first-order valence-electron chi connectivity index (χ1n) is 35.0. The van der Waals surface area contributed by atoms with Gasteiger partial charge in [0.15, 0.2) is 0 Å². The van der Waals surface area contributed by atoms with Crippen LogP contribution in [0.3, 0.4) is 0 Å². The molecule has 17 aromatic carbocycles. The third-order valence-electron chi connectivity index (χ3n) is 20.8. The van der Waals surface area contributed by atoms with E-state index in [4.69, 9.17) is 0 Å². The van der Waals surface area contributed by atoms with E-state index in [2.05, 4.69) is 404 Å². The zero-order valence-corrected chi connectivity index (χ0v) is 55.5. The van der Waals surface area contributed by atoms with Crippen molar-refractivity contribution in [2.24, 2.45) is 0 Å². The molecule has 0 N–H and O–H groups in total. The van der Waals surface area contributed by atoms with Gasteiger partial charge < -0.3 is 9.80 Å². The molecule has 0 radical (unpaired) electrons. The van der Waals surface area contributed by atoms with Gasteiger partial charge >= 0.3 is 0 Å². The summed E-state index contributed by atoms with van der Waals surface area (Å²) in [6, 6.07) is 147. The lowest BCUT2D eigenvalue weighted by Gasteiger charge is -2.46. The summed E-state index contributed by atoms with van der Waals surface area (Å²) in [5, 5.41) is 4.70. The van der Waals surface area contributed by atoms with Gasteiger partial charge in [0.25, 0.3) is 6.71 Å². The van der Waals surface area contributed by atoms with Crippen LogP contribution in [0.2, 0.25) is 0 Å². The summed E-state index contributed by atoms with van der Waals surface area (Å²) in [5.41, 5.74) is 33.3. The standard InChI is InChI=1S/C98H65BN2/c1-10-32-66(33-11-1)75-55-57-81-86(58-75)94(74-48-26-9-27-49-74)80-56-54-76(67-34-12-2-13-35-67)59-87(80)95(81)79-64-92-96-93(65-79)101(98-84(72-44-22-7-23-45-72)62-78(69-38-16-4-17-39-69)63-85(98)73-46-24-8-25-47-73)91-53-31-29-51-89(91)99(96)88-50-28-30-52-90(88)100(92)97-82(70-40-18-5-19-41-70)60-77(68-36-14-3-15-37-68)61-83(97)71-42-20-6-21-43-71/h1-65H. The Morgan fingerprint density at radius 2 is 0.436 bits per heavy atom. The molecule has 0 saturated carbocycles. The molecule has 0 aliphatic carbocycles. The summed E-state index contributed by atoms with van der Waals surface area (Å²) in [6.45, 7) is -0.186. The van der Waals surface area contributed by atoms with E-state index in [1.54, 1.807) is 0 Å². The highest BCUT2D eigenvalue weighted by atomic mass is 15.2. The van der Waals surface area contributed by atoms with Crippen molar-refractivity contribution < 1.29 is 0 Å². The average molecular weight is 1280 g/mol. The number of nitrogens with zero attached hydrogens (tertiary/aromatic N) is 2. The monoisotopic (exact) mass is 1280 g/mol. The Balaban J connectivity index is 1.02. The maximum Gasteiger partial charge on any atom is 0.252 e. The smallest absolute Gasteiger partial charge is 0.252 e. The van der Waals surface area contributed by atoms with Gasteiger partial charge in [-0.05, 0) is 188 Å². The minimum atomic E-state index is -0.186. The predicted octanol–water partition coefficient (Wildman–Crippen LogP) is 24.7. The van der Waals surface area contributed by atoms with Gasteiger partial charge in [-0.25, -0.2) is 0 Å². The highest BCUT2D eigenvalue weighted by molar-refractivity contribution is 7.00. The molecule has 0 unspecified atom stereocenters. The fourth-order valence-corrected chi connectivity index (χ4v) is 16.3. The third-order valence-corrected chi connectivity index (χ3v) is 20.8. The van der Waals surface area contributed by atoms with Crippen LogP contribution < -0.4 is 26.2 Å². The lowest BCUT2D eigenvalue weighted by molar-refractivity contribution is 1.25. The van der Waals surface area contributed by atoms with E-state index in [-0.39, 0.29) is 6.71 Å². The number of hydrogen-bond donors (Lipinski definition) is 0. The van der Waals surface area contributed by atoms with Crippen molar-refractivity contribution in [3.05, 3.63) is 394 Å². The number of hydrogen-bond acceptors (Lipinski definition) is 2. The first-order valence-corrected chi connectivity index (χ1v) is 35.0. The van der Waals surface area contributed by atoms with Crippen LogP contribution in [0.15, 0.2) is 394 Å². The second-order valence-electron chi connectivity index (χ2n) is 26.6.